The fourth-order valence-corrected chi connectivity index (χ4v) is 4.82. The van der Waals surface area contributed by atoms with Crippen LogP contribution >= 0.6 is 12.4 Å². The van der Waals surface area contributed by atoms with Crippen LogP contribution in [0.25, 0.3) is 22.3 Å². The molecule has 4 rings (SSSR count). The third kappa shape index (κ3) is 5.88. The van der Waals surface area contributed by atoms with Gasteiger partial charge in [-0.3, -0.25) is 5.41 Å². The van der Waals surface area contributed by atoms with Gasteiger partial charge in [0.25, 0.3) is 0 Å². The first-order valence-corrected chi connectivity index (χ1v) is 12.2. The summed E-state index contributed by atoms with van der Waals surface area (Å²) in [4.78, 5) is 6.52. The lowest BCUT2D eigenvalue weighted by Crippen LogP contribution is -2.35. The number of nitrogens with one attached hydrogen (secondary N) is 1. The van der Waals surface area contributed by atoms with Crippen molar-refractivity contribution in [2.24, 2.45) is 5.73 Å². The number of aryl methyl sites for hydroxylation is 1. The van der Waals surface area contributed by atoms with E-state index >= 15 is 0 Å². The van der Waals surface area contributed by atoms with E-state index in [-0.39, 0.29) is 24.4 Å². The van der Waals surface area contributed by atoms with E-state index < -0.39 is 0 Å². The molecule has 0 amide bonds. The molecule has 2 aromatic heterocycles. The molecule has 0 aliphatic carbocycles. The van der Waals surface area contributed by atoms with E-state index in [1.165, 1.54) is 56.9 Å². The first-order valence-electron chi connectivity index (χ1n) is 12.2. The number of unbranched alkanes of at least 4 members (excludes halogenated alkanes) is 7. The topological polar surface area (TPSA) is 97.0 Å². The lowest BCUT2D eigenvalue weighted by Gasteiger charge is -2.21. The van der Waals surface area contributed by atoms with Crippen LogP contribution in [0.15, 0.2) is 35.0 Å². The zero-order chi connectivity index (χ0) is 22.3. The molecule has 8 heteroatoms. The summed E-state index contributed by atoms with van der Waals surface area (Å²) in [5.41, 5.74) is 7.92. The fraction of sp³-hybridized carbons (Fsp3) is 0.560. The van der Waals surface area contributed by atoms with Crippen molar-refractivity contribution in [2.45, 2.75) is 83.7 Å². The molecule has 3 aromatic rings. The smallest absolute Gasteiger partial charge is 0.249 e. The van der Waals surface area contributed by atoms with E-state index in [1.54, 1.807) is 0 Å². The number of aromatic nitrogens is 3. The minimum Gasteiger partial charge on any atom is -0.370 e. The van der Waals surface area contributed by atoms with Crippen LogP contribution in [-0.4, -0.2) is 32.1 Å². The molecular formula is C25H37ClN6O. The van der Waals surface area contributed by atoms with Gasteiger partial charge in [0.1, 0.15) is 6.04 Å². The Morgan fingerprint density at radius 1 is 1.12 bits per heavy atom. The Balaban J connectivity index is 0.00000306. The van der Waals surface area contributed by atoms with Gasteiger partial charge < -0.3 is 19.7 Å². The Hall–Kier alpha value is -2.54. The summed E-state index contributed by atoms with van der Waals surface area (Å²) in [6.45, 7) is 4.06. The second-order valence-corrected chi connectivity index (χ2v) is 8.92. The molecule has 180 valence electrons. The summed E-state index contributed by atoms with van der Waals surface area (Å²) in [6, 6.07) is 8.34. The molecule has 1 fully saturated rings. The number of nitrogens with zero attached hydrogens (tertiary/aromatic N) is 4. The second kappa shape index (κ2) is 12.1. The van der Waals surface area contributed by atoms with Crippen LogP contribution in [0.3, 0.4) is 0 Å². The maximum absolute atomic E-state index is 7.78. The SMILES string of the molecule is CCCCCCCCCCn1ccc2c(-c3noc(C4CCCN4C(=N)N)n3)cccc21.Cl. The van der Waals surface area contributed by atoms with Gasteiger partial charge in [-0.1, -0.05) is 69.2 Å². The fourth-order valence-electron chi connectivity index (χ4n) is 4.82. The van der Waals surface area contributed by atoms with Crippen LogP contribution < -0.4 is 5.73 Å². The Morgan fingerprint density at radius 2 is 1.88 bits per heavy atom. The summed E-state index contributed by atoms with van der Waals surface area (Å²) in [7, 11) is 0. The number of hydrogen-bond acceptors (Lipinski definition) is 4. The van der Waals surface area contributed by atoms with Gasteiger partial charge in [-0.05, 0) is 31.4 Å². The number of nitrogens with two attached hydrogens (primary N) is 1. The Bertz CT molecular complexity index is 1030. The van der Waals surface area contributed by atoms with Crippen molar-refractivity contribution in [1.29, 1.82) is 5.41 Å². The number of fused-ring (bicyclic) bond motifs is 1. The Labute approximate surface area is 202 Å². The zero-order valence-electron chi connectivity index (χ0n) is 19.6. The summed E-state index contributed by atoms with van der Waals surface area (Å²) in [5, 5.41) is 13.2. The molecule has 0 radical (unpaired) electrons. The van der Waals surface area contributed by atoms with Crippen LogP contribution in [0.1, 0.15) is 83.1 Å². The molecule has 1 aromatic carbocycles. The van der Waals surface area contributed by atoms with E-state index in [9.17, 15) is 0 Å². The van der Waals surface area contributed by atoms with Crippen molar-refractivity contribution in [2.75, 3.05) is 6.54 Å². The van der Waals surface area contributed by atoms with E-state index in [2.05, 4.69) is 47.1 Å². The van der Waals surface area contributed by atoms with Crippen LogP contribution in [0.2, 0.25) is 0 Å². The van der Waals surface area contributed by atoms with Gasteiger partial charge in [-0.2, -0.15) is 4.98 Å². The highest BCUT2D eigenvalue weighted by Gasteiger charge is 2.31. The third-order valence-corrected chi connectivity index (χ3v) is 6.60. The maximum Gasteiger partial charge on any atom is 0.249 e. The Morgan fingerprint density at radius 3 is 2.64 bits per heavy atom. The maximum atomic E-state index is 7.78. The predicted octanol–water partition coefficient (Wildman–Crippen LogP) is 6.28. The lowest BCUT2D eigenvalue weighted by atomic mass is 10.1. The van der Waals surface area contributed by atoms with Gasteiger partial charge in [0.05, 0.1) is 0 Å². The molecule has 7 nitrogen and oxygen atoms in total. The molecule has 3 N–H and O–H groups in total. The van der Waals surface area contributed by atoms with Gasteiger partial charge in [-0.25, -0.2) is 0 Å². The van der Waals surface area contributed by atoms with Gasteiger partial charge in [0, 0.05) is 35.8 Å². The largest absolute Gasteiger partial charge is 0.370 e. The molecule has 1 saturated heterocycles. The number of hydrogen-bond donors (Lipinski definition) is 2. The summed E-state index contributed by atoms with van der Waals surface area (Å²) >= 11 is 0. The van der Waals surface area contributed by atoms with Crippen molar-refractivity contribution >= 4 is 29.3 Å². The zero-order valence-corrected chi connectivity index (χ0v) is 20.4. The van der Waals surface area contributed by atoms with Gasteiger partial charge in [-0.15, -0.1) is 12.4 Å². The quantitative estimate of drug-likeness (QED) is 0.194. The molecule has 3 heterocycles. The molecular weight excluding hydrogens is 436 g/mol. The van der Waals surface area contributed by atoms with Crippen LogP contribution in [0.4, 0.5) is 0 Å². The Kier molecular flexibility index (Phi) is 9.18. The van der Waals surface area contributed by atoms with E-state index in [1.807, 2.05) is 4.90 Å². The minimum atomic E-state index is -0.0977. The molecule has 0 spiro atoms. The summed E-state index contributed by atoms with van der Waals surface area (Å²) in [5.74, 6) is 1.21. The standard InChI is InChI=1S/C25H36N6O.ClH/c1-2-3-4-5-6-7-8-9-16-30-18-15-19-20(12-10-13-21(19)30)23-28-24(32-29-23)22-14-11-17-31(22)25(26)27;/h10,12-13,15,18,22H,2-9,11,14,16-17H2,1H3,(H3,26,27);1H. The molecule has 1 aliphatic heterocycles. The third-order valence-electron chi connectivity index (χ3n) is 6.60. The average molecular weight is 473 g/mol. The van der Waals surface area contributed by atoms with Crippen molar-refractivity contribution in [1.82, 2.24) is 19.6 Å². The first-order chi connectivity index (χ1) is 15.7. The highest BCUT2D eigenvalue weighted by molar-refractivity contribution is 5.93. The predicted molar refractivity (Wildman–Crippen MR) is 136 cm³/mol. The minimum absolute atomic E-state index is 0. The number of guanidine groups is 1. The number of likely N-dealkylation sites (tertiary alicyclic amines) is 1. The molecule has 1 atom stereocenters. The van der Waals surface area contributed by atoms with Crippen molar-refractivity contribution in [3.05, 3.63) is 36.4 Å². The molecule has 33 heavy (non-hydrogen) atoms. The number of rotatable bonds is 11. The molecule has 1 aliphatic rings. The normalized spacial score (nSPS) is 15.8. The highest BCUT2D eigenvalue weighted by atomic mass is 35.5. The van der Waals surface area contributed by atoms with Gasteiger partial charge >= 0.3 is 0 Å². The van der Waals surface area contributed by atoms with Crippen molar-refractivity contribution < 1.29 is 4.52 Å². The van der Waals surface area contributed by atoms with Crippen molar-refractivity contribution in [3.8, 4) is 11.4 Å². The van der Waals surface area contributed by atoms with Gasteiger partial charge in [0.15, 0.2) is 5.96 Å². The van der Waals surface area contributed by atoms with E-state index in [4.69, 9.17) is 20.7 Å². The highest BCUT2D eigenvalue weighted by Crippen LogP contribution is 2.33. The summed E-state index contributed by atoms with van der Waals surface area (Å²) < 4.78 is 7.94. The monoisotopic (exact) mass is 472 g/mol. The second-order valence-electron chi connectivity index (χ2n) is 8.92. The number of benzene rings is 1. The molecule has 0 bridgehead atoms. The van der Waals surface area contributed by atoms with Crippen molar-refractivity contribution in [3.63, 3.8) is 0 Å². The molecule has 0 saturated carbocycles. The number of halogens is 1. The van der Waals surface area contributed by atoms with Crippen LogP contribution in [0, 0.1) is 5.41 Å². The van der Waals surface area contributed by atoms with E-state index in [0.29, 0.717) is 11.7 Å². The first kappa shape index (κ1) is 25.1. The van der Waals surface area contributed by atoms with Gasteiger partial charge in [0.2, 0.25) is 11.7 Å². The molecule has 1 unspecified atom stereocenters. The van der Waals surface area contributed by atoms with E-state index in [0.717, 1.165) is 36.9 Å². The lowest BCUT2D eigenvalue weighted by molar-refractivity contribution is 0.283. The van der Waals surface area contributed by atoms with Crippen LogP contribution in [-0.2, 0) is 6.54 Å². The summed E-state index contributed by atoms with van der Waals surface area (Å²) in [6.07, 6.45) is 14.6. The average Bonchev–Trinajstić information content (AvgIpc) is 3.54. The van der Waals surface area contributed by atoms with Crippen LogP contribution in [0.5, 0.6) is 0 Å².